The summed E-state index contributed by atoms with van der Waals surface area (Å²) < 4.78 is 43.4. The highest BCUT2D eigenvalue weighted by atomic mass is 79.9. The van der Waals surface area contributed by atoms with Crippen molar-refractivity contribution >= 4 is 27.5 Å². The van der Waals surface area contributed by atoms with Gasteiger partial charge in [0, 0.05) is 11.0 Å². The molecule has 0 saturated heterocycles. The Hall–Kier alpha value is -1.12. The average Bonchev–Trinajstić information content (AvgIpc) is 2.30. The number of amides is 1. The highest BCUT2D eigenvalue weighted by Gasteiger charge is 2.34. The second-order valence-corrected chi connectivity index (χ2v) is 4.49. The molecule has 0 aliphatic rings. The monoisotopic (exact) mass is 340 g/mol. The van der Waals surface area contributed by atoms with E-state index in [1.54, 1.807) is 0 Å². The van der Waals surface area contributed by atoms with Gasteiger partial charge in [0.15, 0.2) is 0 Å². The van der Waals surface area contributed by atoms with Crippen molar-refractivity contribution in [2.45, 2.75) is 6.18 Å². The summed E-state index contributed by atoms with van der Waals surface area (Å²) in [6.45, 7) is 0.0593. The molecule has 106 valence electrons. The van der Waals surface area contributed by atoms with E-state index in [-0.39, 0.29) is 29.9 Å². The average molecular weight is 341 g/mol. The van der Waals surface area contributed by atoms with Gasteiger partial charge in [0.2, 0.25) is 5.91 Å². The number of ether oxygens (including phenoxy) is 1. The summed E-state index contributed by atoms with van der Waals surface area (Å²) in [5.74, 6) is -0.665. The molecule has 0 aliphatic carbocycles. The Morgan fingerprint density at radius 1 is 1.42 bits per heavy atom. The van der Waals surface area contributed by atoms with Crippen molar-refractivity contribution in [2.24, 2.45) is 5.73 Å². The summed E-state index contributed by atoms with van der Waals surface area (Å²) in [6, 6.07) is 3.48. The molecule has 0 radical (unpaired) electrons. The van der Waals surface area contributed by atoms with Gasteiger partial charge in [-0.3, -0.25) is 4.79 Å². The molecule has 0 spiro atoms. The molecule has 0 aromatic heterocycles. The lowest BCUT2D eigenvalue weighted by Gasteiger charge is -2.14. The normalized spacial score (nSPS) is 11.4. The number of hydrogen-bond acceptors (Lipinski definition) is 3. The molecule has 8 heteroatoms. The first-order valence-corrected chi connectivity index (χ1v) is 6.08. The molecule has 19 heavy (non-hydrogen) atoms. The van der Waals surface area contributed by atoms with Crippen molar-refractivity contribution in [2.75, 3.05) is 25.1 Å². The predicted octanol–water partition coefficient (Wildman–Crippen LogP) is 2.38. The number of benzene rings is 1. The highest BCUT2D eigenvalue weighted by molar-refractivity contribution is 9.10. The van der Waals surface area contributed by atoms with Crippen LogP contribution >= 0.6 is 15.9 Å². The van der Waals surface area contributed by atoms with Gasteiger partial charge >= 0.3 is 6.18 Å². The van der Waals surface area contributed by atoms with Gasteiger partial charge in [-0.2, -0.15) is 13.2 Å². The Morgan fingerprint density at radius 2 is 2.11 bits per heavy atom. The number of carbonyl (C=O) groups is 1. The van der Waals surface area contributed by atoms with E-state index in [4.69, 9.17) is 10.5 Å². The topological polar surface area (TPSA) is 64.3 Å². The number of alkyl halides is 3. The van der Waals surface area contributed by atoms with E-state index >= 15 is 0 Å². The molecule has 1 rings (SSSR count). The number of hydrogen-bond donors (Lipinski definition) is 2. The SMILES string of the molecule is NCCOCC(=O)Nc1ccc(Br)cc1C(F)(F)F. The smallest absolute Gasteiger partial charge is 0.370 e. The molecule has 0 fully saturated rings. The van der Waals surface area contributed by atoms with E-state index < -0.39 is 17.6 Å². The van der Waals surface area contributed by atoms with Gasteiger partial charge in [-0.1, -0.05) is 15.9 Å². The standard InChI is InChI=1S/C11H12BrF3N2O2/c12-7-1-2-9(8(5-7)11(13,14)15)17-10(18)6-19-4-3-16/h1-2,5H,3-4,6,16H2,(H,17,18). The zero-order valence-corrected chi connectivity index (χ0v) is 11.3. The summed E-state index contributed by atoms with van der Waals surface area (Å²) in [4.78, 5) is 11.4. The number of nitrogens with one attached hydrogen (secondary N) is 1. The number of halogens is 4. The molecule has 1 amide bonds. The first-order chi connectivity index (χ1) is 8.84. The molecule has 4 nitrogen and oxygen atoms in total. The molecule has 0 atom stereocenters. The Morgan fingerprint density at radius 3 is 2.68 bits per heavy atom. The second-order valence-electron chi connectivity index (χ2n) is 3.58. The van der Waals surface area contributed by atoms with Gasteiger partial charge in [0.25, 0.3) is 0 Å². The van der Waals surface area contributed by atoms with Crippen LogP contribution in [0.4, 0.5) is 18.9 Å². The first-order valence-electron chi connectivity index (χ1n) is 5.29. The Balaban J connectivity index is 2.80. The van der Waals surface area contributed by atoms with E-state index in [0.29, 0.717) is 0 Å². The lowest BCUT2D eigenvalue weighted by Crippen LogP contribution is -2.22. The minimum Gasteiger partial charge on any atom is -0.370 e. The van der Waals surface area contributed by atoms with Gasteiger partial charge < -0.3 is 15.8 Å². The number of carbonyl (C=O) groups excluding carboxylic acids is 1. The fourth-order valence-electron chi connectivity index (χ4n) is 1.29. The molecule has 3 N–H and O–H groups in total. The fourth-order valence-corrected chi connectivity index (χ4v) is 1.66. The van der Waals surface area contributed by atoms with Crippen LogP contribution in [-0.4, -0.2) is 25.7 Å². The quantitative estimate of drug-likeness (QED) is 0.809. The minimum absolute atomic E-state index is 0.167. The molecule has 0 aliphatic heterocycles. The van der Waals surface area contributed by atoms with Gasteiger partial charge in [0.1, 0.15) is 6.61 Å². The summed E-state index contributed by atoms with van der Waals surface area (Å²) >= 11 is 2.95. The van der Waals surface area contributed by atoms with Gasteiger partial charge in [-0.15, -0.1) is 0 Å². The van der Waals surface area contributed by atoms with E-state index in [9.17, 15) is 18.0 Å². The Kier molecular flexibility index (Phi) is 5.77. The van der Waals surface area contributed by atoms with Crippen LogP contribution in [0.25, 0.3) is 0 Å². The molecule has 0 unspecified atom stereocenters. The van der Waals surface area contributed by atoms with E-state index in [0.717, 1.165) is 6.07 Å². The van der Waals surface area contributed by atoms with Crippen molar-refractivity contribution in [3.63, 3.8) is 0 Å². The van der Waals surface area contributed by atoms with Crippen molar-refractivity contribution in [1.82, 2.24) is 0 Å². The minimum atomic E-state index is -4.55. The summed E-state index contributed by atoms with van der Waals surface area (Å²) in [5, 5.41) is 2.16. The van der Waals surface area contributed by atoms with Crippen LogP contribution in [0.1, 0.15) is 5.56 Å². The maximum absolute atomic E-state index is 12.8. The molecule has 0 heterocycles. The van der Waals surface area contributed by atoms with Crippen molar-refractivity contribution in [1.29, 1.82) is 0 Å². The predicted molar refractivity (Wildman–Crippen MR) is 67.6 cm³/mol. The van der Waals surface area contributed by atoms with E-state index in [1.807, 2.05) is 0 Å². The van der Waals surface area contributed by atoms with Crippen LogP contribution in [0.3, 0.4) is 0 Å². The number of anilines is 1. The lowest BCUT2D eigenvalue weighted by molar-refractivity contribution is -0.137. The summed E-state index contributed by atoms with van der Waals surface area (Å²) in [6.07, 6.45) is -4.55. The molecule has 0 saturated carbocycles. The van der Waals surface area contributed by atoms with Crippen molar-refractivity contribution in [3.05, 3.63) is 28.2 Å². The van der Waals surface area contributed by atoms with Crippen LogP contribution in [0.5, 0.6) is 0 Å². The zero-order valence-electron chi connectivity index (χ0n) is 9.76. The van der Waals surface area contributed by atoms with Crippen LogP contribution < -0.4 is 11.1 Å². The molecule has 1 aromatic rings. The largest absolute Gasteiger partial charge is 0.418 e. The number of rotatable bonds is 5. The fraction of sp³-hybridized carbons (Fsp3) is 0.364. The first kappa shape index (κ1) is 15.9. The van der Waals surface area contributed by atoms with Crippen molar-refractivity contribution < 1.29 is 22.7 Å². The third-order valence-corrected chi connectivity index (χ3v) is 2.55. The third-order valence-electron chi connectivity index (χ3n) is 2.06. The van der Waals surface area contributed by atoms with Gasteiger partial charge in [-0.25, -0.2) is 0 Å². The highest BCUT2D eigenvalue weighted by Crippen LogP contribution is 2.36. The second kappa shape index (κ2) is 6.88. The van der Waals surface area contributed by atoms with E-state index in [2.05, 4.69) is 21.2 Å². The van der Waals surface area contributed by atoms with Crippen LogP contribution in [-0.2, 0) is 15.7 Å². The molecular formula is C11H12BrF3N2O2. The Bertz CT molecular complexity index is 452. The third kappa shape index (κ3) is 5.17. The molecule has 1 aromatic carbocycles. The Labute approximate surface area is 116 Å². The summed E-state index contributed by atoms with van der Waals surface area (Å²) in [7, 11) is 0. The number of nitrogens with two attached hydrogens (primary N) is 1. The maximum atomic E-state index is 12.8. The van der Waals surface area contributed by atoms with Crippen LogP contribution in [0.2, 0.25) is 0 Å². The van der Waals surface area contributed by atoms with E-state index in [1.165, 1.54) is 12.1 Å². The lowest BCUT2D eigenvalue weighted by atomic mass is 10.1. The van der Waals surface area contributed by atoms with Crippen molar-refractivity contribution in [3.8, 4) is 0 Å². The zero-order chi connectivity index (χ0) is 14.5. The van der Waals surface area contributed by atoms with Crippen LogP contribution in [0, 0.1) is 0 Å². The van der Waals surface area contributed by atoms with Crippen LogP contribution in [0.15, 0.2) is 22.7 Å². The summed E-state index contributed by atoms with van der Waals surface area (Å²) in [5.41, 5.74) is 3.92. The van der Waals surface area contributed by atoms with Gasteiger partial charge in [0.05, 0.1) is 17.9 Å². The molecular weight excluding hydrogens is 329 g/mol. The van der Waals surface area contributed by atoms with Gasteiger partial charge in [-0.05, 0) is 18.2 Å². The molecule has 0 bridgehead atoms. The maximum Gasteiger partial charge on any atom is 0.418 e.